The van der Waals surface area contributed by atoms with E-state index in [1.165, 1.54) is 12.5 Å². The molecule has 3 aliphatic carbocycles. The Morgan fingerprint density at radius 1 is 1.29 bits per heavy atom. The summed E-state index contributed by atoms with van der Waals surface area (Å²) in [5, 5.41) is 33.8. The fraction of sp³-hybridized carbons (Fsp3) is 0.762. The normalized spacial score (nSPS) is 54.6. The molecule has 2 heterocycles. The SMILES string of the molecule is CC1=CC(=O)[C@@H](O)[C@]2(C)[C@H]3[C@@]4(O)OC[C@]35[C@H]([C@H](C)[C@@H]4O)[C@@H](O[C-]=O)C(=O)O[C@@H]5C[C@@H]12.[Y]. The number of ether oxygens (including phenoxy) is 3. The van der Waals surface area contributed by atoms with Crippen LogP contribution in [0.5, 0.6) is 0 Å². The Kier molecular flexibility index (Phi) is 5.40. The minimum atomic E-state index is -2.06. The van der Waals surface area contributed by atoms with Crippen LogP contribution in [0.3, 0.4) is 0 Å². The molecule has 0 aromatic rings. The van der Waals surface area contributed by atoms with Crippen molar-refractivity contribution in [2.45, 2.75) is 57.4 Å². The third-order valence-corrected chi connectivity index (χ3v) is 8.81. The van der Waals surface area contributed by atoms with Crippen molar-refractivity contribution in [2.24, 2.45) is 34.5 Å². The van der Waals surface area contributed by atoms with Gasteiger partial charge in [0.15, 0.2) is 17.7 Å². The van der Waals surface area contributed by atoms with Crippen LogP contribution in [0.2, 0.25) is 0 Å². The van der Waals surface area contributed by atoms with Gasteiger partial charge in [-0.2, -0.15) is 0 Å². The molecule has 167 valence electrons. The number of fused-ring (bicyclic) bond motifs is 1. The molecule has 5 rings (SSSR count). The zero-order valence-electron chi connectivity index (χ0n) is 17.5. The summed E-state index contributed by atoms with van der Waals surface area (Å²) >= 11 is 0. The van der Waals surface area contributed by atoms with Crippen molar-refractivity contribution >= 4 is 18.2 Å². The van der Waals surface area contributed by atoms with Crippen molar-refractivity contribution < 1.29 is 76.6 Å². The molecule has 1 spiro atoms. The molecule has 2 saturated heterocycles. The summed E-state index contributed by atoms with van der Waals surface area (Å²) in [7, 11) is 0. The zero-order chi connectivity index (χ0) is 21.8. The Hall–Kier alpha value is -0.706. The number of carbonyl (C=O) groups is 2. The molecule has 5 aliphatic rings. The molecule has 2 aliphatic heterocycles. The summed E-state index contributed by atoms with van der Waals surface area (Å²) in [6.45, 7) is 6.39. The summed E-state index contributed by atoms with van der Waals surface area (Å²) in [4.78, 5) is 36.4. The van der Waals surface area contributed by atoms with Gasteiger partial charge < -0.3 is 34.3 Å². The fourth-order valence-electron chi connectivity index (χ4n) is 7.78. The van der Waals surface area contributed by atoms with Crippen LogP contribution in [0.1, 0.15) is 27.2 Å². The zero-order valence-corrected chi connectivity index (χ0v) is 20.3. The Balaban J connectivity index is 0.00000231. The second-order valence-corrected chi connectivity index (χ2v) is 9.81. The molecule has 3 N–H and O–H groups in total. The smallest absolute Gasteiger partial charge is 0.344 e. The summed E-state index contributed by atoms with van der Waals surface area (Å²) in [5.74, 6) is -6.01. The second-order valence-electron chi connectivity index (χ2n) is 9.81. The van der Waals surface area contributed by atoms with Gasteiger partial charge in [0, 0.05) is 55.4 Å². The standard InChI is InChI=1S/C21H25O9.Y/c1-8-4-11(23)16(25)19(3)10(8)5-12-20-6-29-21(27,18(19)20)15(24)9(2)13(20)14(28-7-22)17(26)30-12;/h4,9-10,12-16,18,24-25,27H,5-6H2,1-3H3;/q-1;/t9-,10-,12+,13+,14+,15-,16+,18+,19+,20-,21-;/m0./s1. The quantitative estimate of drug-likeness (QED) is 0.323. The van der Waals surface area contributed by atoms with Gasteiger partial charge in [-0.15, -0.1) is 0 Å². The number of ketones is 1. The number of aliphatic hydroxyl groups is 3. The molecule has 0 unspecified atom stereocenters. The number of rotatable bonds is 2. The molecular formula is C21H25O9Y-. The van der Waals surface area contributed by atoms with E-state index in [1.54, 1.807) is 20.8 Å². The average Bonchev–Trinajstić information content (AvgIpc) is 2.98. The van der Waals surface area contributed by atoms with Crippen LogP contribution >= 0.6 is 0 Å². The summed E-state index contributed by atoms with van der Waals surface area (Å²) < 4.78 is 16.6. The van der Waals surface area contributed by atoms with Crippen LogP contribution in [-0.2, 0) is 61.3 Å². The van der Waals surface area contributed by atoms with Crippen molar-refractivity contribution in [3.8, 4) is 0 Å². The van der Waals surface area contributed by atoms with E-state index in [-0.39, 0.29) is 45.2 Å². The van der Waals surface area contributed by atoms with Gasteiger partial charge >= 0.3 is 5.97 Å². The number of aliphatic hydroxyl groups excluding tert-OH is 2. The van der Waals surface area contributed by atoms with Crippen molar-refractivity contribution in [1.82, 2.24) is 0 Å². The second kappa shape index (κ2) is 7.14. The number of allylic oxidation sites excluding steroid dienone is 1. The molecule has 0 aromatic heterocycles. The maximum atomic E-state index is 12.8. The van der Waals surface area contributed by atoms with Crippen LogP contribution in [0.25, 0.3) is 0 Å². The van der Waals surface area contributed by atoms with E-state index in [4.69, 9.17) is 14.2 Å². The van der Waals surface area contributed by atoms with E-state index in [2.05, 4.69) is 0 Å². The predicted octanol–water partition coefficient (Wildman–Crippen LogP) is -0.774. The first-order chi connectivity index (χ1) is 14.0. The number of carbonyl (C=O) groups excluding carboxylic acids is 3. The largest absolute Gasteiger partial charge is 0.643 e. The van der Waals surface area contributed by atoms with Crippen molar-refractivity contribution in [2.75, 3.05) is 6.61 Å². The Morgan fingerprint density at radius 3 is 2.61 bits per heavy atom. The van der Waals surface area contributed by atoms with Gasteiger partial charge in [0.1, 0.15) is 18.3 Å². The summed E-state index contributed by atoms with van der Waals surface area (Å²) in [5.41, 5.74) is -1.52. The van der Waals surface area contributed by atoms with Crippen molar-refractivity contribution in [3.05, 3.63) is 11.6 Å². The number of esters is 1. The maximum absolute atomic E-state index is 12.8. The van der Waals surface area contributed by atoms with E-state index in [0.717, 1.165) is 0 Å². The first-order valence-electron chi connectivity index (χ1n) is 10.2. The van der Waals surface area contributed by atoms with Crippen LogP contribution < -0.4 is 0 Å². The molecule has 10 heteroatoms. The van der Waals surface area contributed by atoms with Gasteiger partial charge in [-0.3, -0.25) is 4.79 Å². The number of hydrogen-bond acceptors (Lipinski definition) is 9. The molecule has 4 fully saturated rings. The van der Waals surface area contributed by atoms with Crippen LogP contribution in [0.4, 0.5) is 0 Å². The molecule has 9 nitrogen and oxygen atoms in total. The van der Waals surface area contributed by atoms with E-state index >= 15 is 0 Å². The van der Waals surface area contributed by atoms with Gasteiger partial charge in [0.2, 0.25) is 0 Å². The molecule has 0 amide bonds. The van der Waals surface area contributed by atoms with Crippen LogP contribution in [0.15, 0.2) is 11.6 Å². The summed E-state index contributed by atoms with van der Waals surface area (Å²) in [6.07, 6.45) is -3.18. The average molecular weight is 510 g/mol. The minimum Gasteiger partial charge on any atom is -0.643 e. The molecule has 1 radical (unpaired) electrons. The Morgan fingerprint density at radius 2 is 1.97 bits per heavy atom. The monoisotopic (exact) mass is 510 g/mol. The third-order valence-electron chi connectivity index (χ3n) is 8.81. The first-order valence-corrected chi connectivity index (χ1v) is 10.2. The summed E-state index contributed by atoms with van der Waals surface area (Å²) in [6, 6.07) is 0. The van der Waals surface area contributed by atoms with E-state index in [0.29, 0.717) is 12.0 Å². The number of hydrogen-bond donors (Lipinski definition) is 3. The van der Waals surface area contributed by atoms with E-state index in [9.17, 15) is 29.7 Å². The molecule has 11 atom stereocenters. The maximum Gasteiger partial charge on any atom is 0.344 e. The molecule has 2 saturated carbocycles. The minimum absolute atomic E-state index is 0. The Bertz CT molecular complexity index is 875. The van der Waals surface area contributed by atoms with Crippen molar-refractivity contribution in [3.63, 3.8) is 0 Å². The first kappa shape index (κ1) is 23.5. The third kappa shape index (κ3) is 2.51. The molecular weight excluding hydrogens is 485 g/mol. The van der Waals surface area contributed by atoms with Crippen LogP contribution in [-0.4, -0.2) is 70.4 Å². The predicted molar refractivity (Wildman–Crippen MR) is 96.9 cm³/mol. The topological polar surface area (TPSA) is 140 Å². The van der Waals surface area contributed by atoms with E-state index < -0.39 is 70.5 Å². The van der Waals surface area contributed by atoms with E-state index in [1.807, 2.05) is 0 Å². The Labute approximate surface area is 204 Å². The molecule has 0 aromatic carbocycles. The molecule has 2 bridgehead atoms. The van der Waals surface area contributed by atoms with Gasteiger partial charge in [-0.25, -0.2) is 4.79 Å². The van der Waals surface area contributed by atoms with Gasteiger partial charge in [-0.05, 0) is 31.3 Å². The van der Waals surface area contributed by atoms with Crippen molar-refractivity contribution in [1.29, 1.82) is 0 Å². The fourth-order valence-corrected chi connectivity index (χ4v) is 7.78. The van der Waals surface area contributed by atoms with Gasteiger partial charge in [0.05, 0.1) is 6.61 Å². The van der Waals surface area contributed by atoms with Gasteiger partial charge in [-0.1, -0.05) is 25.9 Å². The molecule has 31 heavy (non-hydrogen) atoms. The van der Waals surface area contributed by atoms with Crippen LogP contribution in [0, 0.1) is 34.5 Å². The van der Waals surface area contributed by atoms with Gasteiger partial charge in [0.25, 0.3) is 0 Å².